The van der Waals surface area contributed by atoms with Gasteiger partial charge < -0.3 is 10.2 Å². The molecule has 2 heterocycles. The predicted octanol–water partition coefficient (Wildman–Crippen LogP) is 1.55. The first-order chi connectivity index (χ1) is 7.81. The lowest BCUT2D eigenvalue weighted by Crippen LogP contribution is -2.42. The summed E-state index contributed by atoms with van der Waals surface area (Å²) in [4.78, 5) is 7.06. The van der Waals surface area contributed by atoms with Crippen LogP contribution in [-0.4, -0.2) is 48.0 Å². The first-order valence-electron chi connectivity index (χ1n) is 6.47. The second-order valence-corrected chi connectivity index (χ2v) is 6.59. The molecule has 0 aromatic rings. The Balaban J connectivity index is 1.45. The van der Waals surface area contributed by atoms with Gasteiger partial charge in [0.15, 0.2) is 5.17 Å². The first-order valence-corrected chi connectivity index (χ1v) is 7.35. The summed E-state index contributed by atoms with van der Waals surface area (Å²) in [7, 11) is 2.21. The monoisotopic (exact) mass is 239 g/mol. The number of thioether (sulfide) groups is 1. The van der Waals surface area contributed by atoms with Gasteiger partial charge in [-0.05, 0) is 51.7 Å². The summed E-state index contributed by atoms with van der Waals surface area (Å²) in [6, 6.07) is 0.667. The van der Waals surface area contributed by atoms with E-state index in [9.17, 15) is 0 Å². The van der Waals surface area contributed by atoms with E-state index in [1.54, 1.807) is 0 Å². The molecule has 2 aliphatic heterocycles. The standard InChI is InChI=1S/C12H21N3S/c1-15-6-4-10(5-7-15)14-12-13-8-11(16-12)9-2-3-9/h9-11H,2-8H2,1H3,(H,13,14). The number of piperidine rings is 1. The van der Waals surface area contributed by atoms with Crippen molar-refractivity contribution in [3.8, 4) is 0 Å². The maximum atomic E-state index is 4.65. The number of hydrogen-bond acceptors (Lipinski definition) is 4. The molecule has 0 aromatic heterocycles. The van der Waals surface area contributed by atoms with Gasteiger partial charge >= 0.3 is 0 Å². The Kier molecular flexibility index (Phi) is 3.11. The summed E-state index contributed by atoms with van der Waals surface area (Å²) in [5, 5.41) is 5.67. The van der Waals surface area contributed by atoms with Gasteiger partial charge in [-0.2, -0.15) is 0 Å². The smallest absolute Gasteiger partial charge is 0.157 e. The van der Waals surface area contributed by atoms with Crippen LogP contribution >= 0.6 is 11.8 Å². The SMILES string of the molecule is CN1CCC(NC2=NCC(C3CC3)S2)CC1. The molecule has 3 nitrogen and oxygen atoms in total. The minimum atomic E-state index is 0.667. The number of aliphatic imine (C=N–C) groups is 1. The second kappa shape index (κ2) is 4.57. The molecule has 1 unspecified atom stereocenters. The van der Waals surface area contributed by atoms with Crippen LogP contribution < -0.4 is 5.32 Å². The highest BCUT2D eigenvalue weighted by Gasteiger charge is 2.35. The van der Waals surface area contributed by atoms with E-state index >= 15 is 0 Å². The number of rotatable bonds is 2. The molecule has 1 N–H and O–H groups in total. The Bertz CT molecular complexity index is 280. The highest BCUT2D eigenvalue weighted by atomic mass is 32.2. The van der Waals surface area contributed by atoms with E-state index in [0.29, 0.717) is 6.04 Å². The Labute approximate surface area is 102 Å². The summed E-state index contributed by atoms with van der Waals surface area (Å²) >= 11 is 2.00. The fraction of sp³-hybridized carbons (Fsp3) is 0.917. The molecule has 0 amide bonds. The van der Waals surface area contributed by atoms with Gasteiger partial charge in [0.05, 0.1) is 6.54 Å². The lowest BCUT2D eigenvalue weighted by atomic mass is 10.1. The zero-order valence-electron chi connectivity index (χ0n) is 9.98. The third kappa shape index (κ3) is 2.54. The van der Waals surface area contributed by atoms with E-state index in [2.05, 4.69) is 22.3 Å². The third-order valence-electron chi connectivity index (χ3n) is 3.87. The average Bonchev–Trinajstić information content (AvgIpc) is 3.04. The summed E-state index contributed by atoms with van der Waals surface area (Å²) in [6.07, 6.45) is 5.41. The number of nitrogens with zero attached hydrogens (tertiary/aromatic N) is 2. The molecular weight excluding hydrogens is 218 g/mol. The summed E-state index contributed by atoms with van der Waals surface area (Å²) in [6.45, 7) is 3.51. The quantitative estimate of drug-likeness (QED) is 0.792. The van der Waals surface area contributed by atoms with Gasteiger partial charge in [0.1, 0.15) is 0 Å². The van der Waals surface area contributed by atoms with Crippen LogP contribution in [0, 0.1) is 5.92 Å². The molecule has 0 aromatic carbocycles. The van der Waals surface area contributed by atoms with Crippen molar-refractivity contribution in [1.82, 2.24) is 10.2 Å². The molecule has 1 saturated heterocycles. The second-order valence-electron chi connectivity index (χ2n) is 5.36. The van der Waals surface area contributed by atoms with Gasteiger partial charge in [0.2, 0.25) is 0 Å². The number of amidine groups is 1. The van der Waals surface area contributed by atoms with Gasteiger partial charge in [0.25, 0.3) is 0 Å². The highest BCUT2D eigenvalue weighted by Crippen LogP contribution is 2.41. The lowest BCUT2D eigenvalue weighted by Gasteiger charge is -2.29. The van der Waals surface area contributed by atoms with Crippen LogP contribution in [0.1, 0.15) is 25.7 Å². The van der Waals surface area contributed by atoms with Crippen LogP contribution in [0.2, 0.25) is 0 Å². The van der Waals surface area contributed by atoms with Crippen LogP contribution in [-0.2, 0) is 0 Å². The van der Waals surface area contributed by atoms with Crippen molar-refractivity contribution < 1.29 is 0 Å². The Morgan fingerprint density at radius 3 is 2.69 bits per heavy atom. The summed E-state index contributed by atoms with van der Waals surface area (Å²) < 4.78 is 0. The Hall–Kier alpha value is -0.220. The lowest BCUT2D eigenvalue weighted by molar-refractivity contribution is 0.247. The van der Waals surface area contributed by atoms with E-state index in [0.717, 1.165) is 17.7 Å². The minimum absolute atomic E-state index is 0.667. The normalized spacial score (nSPS) is 32.8. The van der Waals surface area contributed by atoms with E-state index < -0.39 is 0 Å². The van der Waals surface area contributed by atoms with E-state index in [1.807, 2.05) is 11.8 Å². The minimum Gasteiger partial charge on any atom is -0.362 e. The fourth-order valence-corrected chi connectivity index (χ4v) is 3.80. The first kappa shape index (κ1) is 10.9. The largest absolute Gasteiger partial charge is 0.362 e. The number of hydrogen-bond donors (Lipinski definition) is 1. The highest BCUT2D eigenvalue weighted by molar-refractivity contribution is 8.14. The molecule has 1 atom stereocenters. The van der Waals surface area contributed by atoms with Crippen molar-refractivity contribution in [1.29, 1.82) is 0 Å². The van der Waals surface area contributed by atoms with Crippen LogP contribution in [0.3, 0.4) is 0 Å². The average molecular weight is 239 g/mol. The van der Waals surface area contributed by atoms with Gasteiger partial charge in [-0.25, -0.2) is 0 Å². The molecule has 0 spiro atoms. The van der Waals surface area contributed by atoms with Crippen molar-refractivity contribution in [3.63, 3.8) is 0 Å². The Morgan fingerprint density at radius 1 is 1.25 bits per heavy atom. The Morgan fingerprint density at radius 2 is 2.00 bits per heavy atom. The van der Waals surface area contributed by atoms with E-state index in [-0.39, 0.29) is 0 Å². The number of likely N-dealkylation sites (tertiary alicyclic amines) is 1. The molecule has 1 saturated carbocycles. The van der Waals surface area contributed by atoms with Crippen molar-refractivity contribution in [3.05, 3.63) is 0 Å². The van der Waals surface area contributed by atoms with Crippen molar-refractivity contribution in [2.24, 2.45) is 10.9 Å². The van der Waals surface area contributed by atoms with E-state index in [1.165, 1.54) is 43.9 Å². The summed E-state index contributed by atoms with van der Waals surface area (Å²) in [5.41, 5.74) is 0. The molecule has 0 bridgehead atoms. The van der Waals surface area contributed by atoms with Gasteiger partial charge in [-0.15, -0.1) is 0 Å². The van der Waals surface area contributed by atoms with Crippen LogP contribution in [0.15, 0.2) is 4.99 Å². The predicted molar refractivity (Wildman–Crippen MR) is 70.1 cm³/mol. The molecule has 1 aliphatic carbocycles. The molecule has 90 valence electrons. The van der Waals surface area contributed by atoms with Crippen molar-refractivity contribution in [2.45, 2.75) is 37.0 Å². The molecular formula is C12H21N3S. The zero-order chi connectivity index (χ0) is 11.0. The van der Waals surface area contributed by atoms with E-state index in [4.69, 9.17) is 0 Å². The van der Waals surface area contributed by atoms with Gasteiger partial charge in [-0.3, -0.25) is 4.99 Å². The van der Waals surface area contributed by atoms with Gasteiger partial charge in [-0.1, -0.05) is 11.8 Å². The topological polar surface area (TPSA) is 27.6 Å². The van der Waals surface area contributed by atoms with Gasteiger partial charge in [0, 0.05) is 11.3 Å². The van der Waals surface area contributed by atoms with Crippen molar-refractivity contribution >= 4 is 16.9 Å². The van der Waals surface area contributed by atoms with Crippen LogP contribution in [0.25, 0.3) is 0 Å². The third-order valence-corrected chi connectivity index (χ3v) is 5.18. The molecule has 2 fully saturated rings. The number of nitrogens with one attached hydrogen (secondary N) is 1. The van der Waals surface area contributed by atoms with Crippen molar-refractivity contribution in [2.75, 3.05) is 26.7 Å². The van der Waals surface area contributed by atoms with Crippen LogP contribution in [0.4, 0.5) is 0 Å². The molecule has 3 aliphatic rings. The molecule has 0 radical (unpaired) electrons. The zero-order valence-corrected chi connectivity index (χ0v) is 10.8. The maximum Gasteiger partial charge on any atom is 0.157 e. The van der Waals surface area contributed by atoms with Crippen LogP contribution in [0.5, 0.6) is 0 Å². The molecule has 3 rings (SSSR count). The molecule has 4 heteroatoms. The molecule has 16 heavy (non-hydrogen) atoms. The fourth-order valence-electron chi connectivity index (χ4n) is 2.51. The summed E-state index contributed by atoms with van der Waals surface area (Å²) in [5.74, 6) is 0.977. The maximum absolute atomic E-state index is 4.65.